The third-order valence-electron chi connectivity index (χ3n) is 13.4. The molecule has 6 unspecified atom stereocenters. The van der Waals surface area contributed by atoms with Crippen molar-refractivity contribution in [2.24, 2.45) is 52.3 Å². The first-order valence-corrected chi connectivity index (χ1v) is 17.4. The van der Waals surface area contributed by atoms with Gasteiger partial charge < -0.3 is 0 Å². The number of benzene rings is 2. The minimum Gasteiger partial charge on any atom is -0.0843 e. The number of fused-ring (bicyclic) bond motifs is 5. The summed E-state index contributed by atoms with van der Waals surface area (Å²) in [6.45, 7) is 12.9. The van der Waals surface area contributed by atoms with Crippen LogP contribution in [0.2, 0.25) is 5.02 Å². The molecule has 2 aromatic carbocycles. The molecule has 0 bridgehead atoms. The van der Waals surface area contributed by atoms with Gasteiger partial charge in [-0.15, -0.1) is 0 Å². The molecule has 0 nitrogen and oxygen atoms in total. The predicted octanol–water partition coefficient (Wildman–Crippen LogP) is 12.2. The Morgan fingerprint density at radius 1 is 0.725 bits per heavy atom. The van der Waals surface area contributed by atoms with E-state index in [-0.39, 0.29) is 0 Å². The zero-order valence-electron chi connectivity index (χ0n) is 26.1. The van der Waals surface area contributed by atoms with Crippen molar-refractivity contribution in [3.8, 4) is 11.1 Å². The number of hydrogen-bond acceptors (Lipinski definition) is 0. The number of halogens is 1. The van der Waals surface area contributed by atoms with Gasteiger partial charge in [0, 0.05) is 5.02 Å². The van der Waals surface area contributed by atoms with Gasteiger partial charge in [-0.25, -0.2) is 0 Å². The molecule has 4 aliphatic carbocycles. The second-order valence-electron chi connectivity index (χ2n) is 15.8. The van der Waals surface area contributed by atoms with E-state index in [1.807, 2.05) is 12.1 Å². The molecule has 0 heterocycles. The molecule has 218 valence electrons. The van der Waals surface area contributed by atoms with Gasteiger partial charge in [0.2, 0.25) is 0 Å². The summed E-state index contributed by atoms with van der Waals surface area (Å²) in [5.41, 5.74) is 5.32. The van der Waals surface area contributed by atoms with Crippen LogP contribution >= 0.6 is 11.6 Å². The van der Waals surface area contributed by atoms with Gasteiger partial charge in [-0.2, -0.15) is 0 Å². The highest BCUT2D eigenvalue weighted by molar-refractivity contribution is 6.30. The number of rotatable bonds is 7. The summed E-state index contributed by atoms with van der Waals surface area (Å²) >= 11 is 6.11. The fourth-order valence-electron chi connectivity index (χ4n) is 11.2. The van der Waals surface area contributed by atoms with Crippen molar-refractivity contribution in [1.82, 2.24) is 0 Å². The van der Waals surface area contributed by atoms with Crippen LogP contribution in [0.4, 0.5) is 0 Å². The van der Waals surface area contributed by atoms with Crippen LogP contribution in [0.15, 0.2) is 48.5 Å². The zero-order chi connectivity index (χ0) is 28.1. The molecule has 4 aliphatic rings. The van der Waals surface area contributed by atoms with Crippen LogP contribution in [0.25, 0.3) is 11.1 Å². The SMILES string of the molecule is CC(C)CCC[C@@H](C)C1CCC2C3CC[C@H]4CC(c5ccc(-c6ccc(Cl)cc6)cc5)CCC4(C)[C@H]3CCC21C. The minimum absolute atomic E-state index is 0.574. The van der Waals surface area contributed by atoms with Gasteiger partial charge in [0.25, 0.3) is 0 Å². The molecule has 0 radical (unpaired) electrons. The Hall–Kier alpha value is -1.27. The Morgan fingerprint density at radius 2 is 1.38 bits per heavy atom. The average molecular weight is 559 g/mol. The third kappa shape index (κ3) is 5.23. The molecule has 0 saturated heterocycles. The summed E-state index contributed by atoms with van der Waals surface area (Å²) in [6, 6.07) is 17.8. The van der Waals surface area contributed by atoms with Gasteiger partial charge in [-0.3, -0.25) is 0 Å². The van der Waals surface area contributed by atoms with E-state index in [1.165, 1.54) is 88.2 Å². The van der Waals surface area contributed by atoms with E-state index < -0.39 is 0 Å². The topological polar surface area (TPSA) is 0 Å². The average Bonchev–Trinajstić information content (AvgIpc) is 3.30. The molecular weight excluding hydrogens is 504 g/mol. The Balaban J connectivity index is 1.11. The smallest absolute Gasteiger partial charge is 0.0406 e. The maximum Gasteiger partial charge on any atom is 0.0406 e. The summed E-state index contributed by atoms with van der Waals surface area (Å²) < 4.78 is 0. The zero-order valence-corrected chi connectivity index (χ0v) is 26.9. The molecular formula is C39H55Cl. The van der Waals surface area contributed by atoms with E-state index in [2.05, 4.69) is 71.0 Å². The molecule has 0 aliphatic heterocycles. The largest absolute Gasteiger partial charge is 0.0843 e. The molecule has 9 atom stereocenters. The molecule has 40 heavy (non-hydrogen) atoms. The summed E-state index contributed by atoms with van der Waals surface area (Å²) in [6.07, 6.45) is 17.6. The lowest BCUT2D eigenvalue weighted by Gasteiger charge is -2.61. The van der Waals surface area contributed by atoms with Crippen LogP contribution in [0.3, 0.4) is 0 Å². The lowest BCUT2D eigenvalue weighted by atomic mass is 9.43. The fraction of sp³-hybridized carbons (Fsp3) is 0.692. The molecule has 0 aromatic heterocycles. The van der Waals surface area contributed by atoms with Crippen LogP contribution < -0.4 is 0 Å². The van der Waals surface area contributed by atoms with Gasteiger partial charge in [0.05, 0.1) is 0 Å². The van der Waals surface area contributed by atoms with E-state index in [1.54, 1.807) is 5.56 Å². The van der Waals surface area contributed by atoms with E-state index in [0.717, 1.165) is 52.4 Å². The summed E-state index contributed by atoms with van der Waals surface area (Å²) in [7, 11) is 0. The Labute approximate surface area is 251 Å². The van der Waals surface area contributed by atoms with Crippen molar-refractivity contribution < 1.29 is 0 Å². The summed E-state index contributed by atoms with van der Waals surface area (Å²) in [5.74, 6) is 7.39. The molecule has 6 rings (SSSR count). The van der Waals surface area contributed by atoms with Crippen molar-refractivity contribution in [3.63, 3.8) is 0 Å². The van der Waals surface area contributed by atoms with Crippen LogP contribution in [0, 0.1) is 52.3 Å². The van der Waals surface area contributed by atoms with Crippen molar-refractivity contribution in [3.05, 3.63) is 59.1 Å². The van der Waals surface area contributed by atoms with Crippen molar-refractivity contribution >= 4 is 11.6 Å². The van der Waals surface area contributed by atoms with Gasteiger partial charge >= 0.3 is 0 Å². The Bertz CT molecular complexity index is 1130. The van der Waals surface area contributed by atoms with Crippen LogP contribution in [0.5, 0.6) is 0 Å². The summed E-state index contributed by atoms with van der Waals surface area (Å²) in [4.78, 5) is 0. The van der Waals surface area contributed by atoms with Crippen LogP contribution in [-0.4, -0.2) is 0 Å². The Morgan fingerprint density at radius 3 is 2.08 bits per heavy atom. The highest BCUT2D eigenvalue weighted by Crippen LogP contribution is 2.69. The quantitative estimate of drug-likeness (QED) is 0.317. The van der Waals surface area contributed by atoms with Crippen LogP contribution in [-0.2, 0) is 0 Å². The maximum atomic E-state index is 6.11. The van der Waals surface area contributed by atoms with E-state index >= 15 is 0 Å². The van der Waals surface area contributed by atoms with E-state index in [9.17, 15) is 0 Å². The van der Waals surface area contributed by atoms with Crippen molar-refractivity contribution in [2.75, 3.05) is 0 Å². The highest BCUT2D eigenvalue weighted by Gasteiger charge is 2.60. The van der Waals surface area contributed by atoms with Gasteiger partial charge in [0.15, 0.2) is 0 Å². The fourth-order valence-corrected chi connectivity index (χ4v) is 11.3. The Kier molecular flexibility index (Phi) is 8.24. The summed E-state index contributed by atoms with van der Waals surface area (Å²) in [5, 5.41) is 0.808. The van der Waals surface area contributed by atoms with Gasteiger partial charge in [0.1, 0.15) is 0 Å². The first-order valence-electron chi connectivity index (χ1n) is 17.0. The molecule has 4 saturated carbocycles. The molecule has 0 N–H and O–H groups in total. The first-order chi connectivity index (χ1) is 19.2. The second kappa shape index (κ2) is 11.4. The van der Waals surface area contributed by atoms with Gasteiger partial charge in [-0.1, -0.05) is 102 Å². The molecule has 1 heteroatoms. The van der Waals surface area contributed by atoms with Crippen LogP contribution in [0.1, 0.15) is 123 Å². The van der Waals surface area contributed by atoms with Gasteiger partial charge in [-0.05, 0) is 145 Å². The molecule has 0 amide bonds. The molecule has 2 aromatic rings. The van der Waals surface area contributed by atoms with Crippen molar-refractivity contribution in [2.45, 2.75) is 118 Å². The predicted molar refractivity (Wildman–Crippen MR) is 173 cm³/mol. The maximum absolute atomic E-state index is 6.11. The van der Waals surface area contributed by atoms with Crippen molar-refractivity contribution in [1.29, 1.82) is 0 Å². The standard InChI is InChI=1S/C39H55Cl/c1-26(2)7-6-8-27(3)35-19-20-36-34-18-15-32-25-31(21-23-38(32,4)37(34)22-24-39(35,36)5)30-11-9-28(10-12-30)29-13-16-33(40)17-14-29/h9-14,16-17,26-27,31-32,34-37H,6-8,15,18-25H2,1-5H3/t27-,31?,32+,34?,35?,36?,37+,38?,39?/m1/s1. The third-order valence-corrected chi connectivity index (χ3v) is 13.7. The minimum atomic E-state index is 0.574. The first kappa shape index (κ1) is 28.8. The second-order valence-corrected chi connectivity index (χ2v) is 16.2. The monoisotopic (exact) mass is 558 g/mol. The lowest BCUT2D eigenvalue weighted by Crippen LogP contribution is -2.53. The number of hydrogen-bond donors (Lipinski definition) is 0. The lowest BCUT2D eigenvalue weighted by molar-refractivity contribution is -0.117. The molecule has 4 fully saturated rings. The van der Waals surface area contributed by atoms with E-state index in [0.29, 0.717) is 10.8 Å². The van der Waals surface area contributed by atoms with E-state index in [4.69, 9.17) is 11.6 Å². The normalized spacial score (nSPS) is 38.0. The molecule has 0 spiro atoms. The highest BCUT2D eigenvalue weighted by atomic mass is 35.5.